The summed E-state index contributed by atoms with van der Waals surface area (Å²) in [7, 11) is 1.93. The van der Waals surface area contributed by atoms with E-state index in [0.29, 0.717) is 22.5 Å². The van der Waals surface area contributed by atoms with E-state index >= 15 is 0 Å². The van der Waals surface area contributed by atoms with Crippen molar-refractivity contribution < 1.29 is 4.79 Å². The Morgan fingerprint density at radius 3 is 2.77 bits per heavy atom. The summed E-state index contributed by atoms with van der Waals surface area (Å²) < 4.78 is 1.95. The van der Waals surface area contributed by atoms with Crippen LogP contribution < -0.4 is 10.6 Å². The van der Waals surface area contributed by atoms with Gasteiger partial charge in [-0.15, -0.1) is 11.6 Å². The van der Waals surface area contributed by atoms with Crippen LogP contribution in [0.1, 0.15) is 50.4 Å². The van der Waals surface area contributed by atoms with Gasteiger partial charge in [-0.05, 0) is 54.9 Å². The first-order valence-electron chi connectivity index (χ1n) is 10.8. The minimum Gasteiger partial charge on any atom is -0.349 e. The lowest BCUT2D eigenvalue weighted by molar-refractivity contribution is 0.0874. The number of imidazole rings is 1. The van der Waals surface area contributed by atoms with Crippen molar-refractivity contribution in [2.24, 2.45) is 18.4 Å². The number of anilines is 1. The molecule has 0 aliphatic heterocycles. The molecule has 1 amide bonds. The number of benzene rings is 1. The summed E-state index contributed by atoms with van der Waals surface area (Å²) in [4.78, 5) is 17.7. The van der Waals surface area contributed by atoms with Crippen LogP contribution in [0.2, 0.25) is 0 Å². The summed E-state index contributed by atoms with van der Waals surface area (Å²) in [6.07, 6.45) is 8.81. The Hall–Kier alpha value is -1.98. The predicted molar refractivity (Wildman–Crippen MR) is 129 cm³/mol. The van der Waals surface area contributed by atoms with Gasteiger partial charge < -0.3 is 15.2 Å². The number of halogens is 2. The van der Waals surface area contributed by atoms with Crippen molar-refractivity contribution in [1.29, 1.82) is 0 Å². The van der Waals surface area contributed by atoms with Crippen LogP contribution >= 0.6 is 23.2 Å². The molecule has 166 valence electrons. The minimum atomic E-state index is -0.263. The predicted octanol–water partition coefficient (Wildman–Crippen LogP) is 5.60. The van der Waals surface area contributed by atoms with Crippen molar-refractivity contribution in [3.05, 3.63) is 47.0 Å². The van der Waals surface area contributed by atoms with Crippen molar-refractivity contribution in [1.82, 2.24) is 14.9 Å². The second-order valence-electron chi connectivity index (χ2n) is 9.78. The van der Waals surface area contributed by atoms with Gasteiger partial charge in [0.2, 0.25) is 5.95 Å². The van der Waals surface area contributed by atoms with Gasteiger partial charge >= 0.3 is 0 Å². The Kier molecular flexibility index (Phi) is 6.10. The van der Waals surface area contributed by atoms with Gasteiger partial charge in [-0.2, -0.15) is 0 Å². The summed E-state index contributed by atoms with van der Waals surface area (Å²) in [5.41, 5.74) is 2.57. The maximum absolute atomic E-state index is 13.0. The number of nitrogens with one attached hydrogen (secondary N) is 2. The normalized spacial score (nSPS) is 27.7. The van der Waals surface area contributed by atoms with Crippen LogP contribution in [0, 0.1) is 11.3 Å². The molecule has 2 aliphatic rings. The zero-order valence-electron chi connectivity index (χ0n) is 18.5. The summed E-state index contributed by atoms with van der Waals surface area (Å²) in [6.45, 7) is 6.83. The van der Waals surface area contributed by atoms with Gasteiger partial charge in [0.15, 0.2) is 0 Å². The second kappa shape index (κ2) is 8.51. The third kappa shape index (κ3) is 4.78. The van der Waals surface area contributed by atoms with Crippen molar-refractivity contribution in [2.75, 3.05) is 5.32 Å². The number of hydrogen-bond donors (Lipinski definition) is 2. The molecular weight excluding hydrogens is 431 g/mol. The highest BCUT2D eigenvalue weighted by molar-refractivity contribution is 6.32. The standard InChI is InChI=1S/C24H30Cl2N4O/c1-14-10-16(13-24(2,3)12-14)27-22(31)15-8-9-20-19(11-15)28-23(30(20)4)29-21-17(25)6-5-7-18(21)26/h5-9,11,14,16-17,21H,10,12-13H2,1-4H3,(H,27,31)(H,28,29). The molecule has 0 saturated heterocycles. The third-order valence-electron chi connectivity index (χ3n) is 6.32. The fourth-order valence-electron chi connectivity index (χ4n) is 5.10. The fraction of sp³-hybridized carbons (Fsp3) is 0.500. The van der Waals surface area contributed by atoms with E-state index in [1.165, 1.54) is 6.42 Å². The summed E-state index contributed by atoms with van der Waals surface area (Å²) >= 11 is 12.7. The average molecular weight is 461 g/mol. The maximum Gasteiger partial charge on any atom is 0.251 e. The molecule has 2 aliphatic carbocycles. The van der Waals surface area contributed by atoms with Crippen LogP contribution in [0.15, 0.2) is 41.5 Å². The Morgan fingerprint density at radius 1 is 1.29 bits per heavy atom. The molecule has 0 spiro atoms. The first-order valence-corrected chi connectivity index (χ1v) is 11.7. The number of rotatable bonds is 4. The number of allylic oxidation sites excluding steroid dienone is 2. The fourth-order valence-corrected chi connectivity index (χ4v) is 5.71. The summed E-state index contributed by atoms with van der Waals surface area (Å²) in [5, 5.41) is 6.95. The van der Waals surface area contributed by atoms with Gasteiger partial charge in [0, 0.05) is 23.7 Å². The number of nitrogens with zero attached hydrogens (tertiary/aromatic N) is 2. The van der Waals surface area contributed by atoms with Crippen LogP contribution in [-0.4, -0.2) is 32.9 Å². The van der Waals surface area contributed by atoms with E-state index in [9.17, 15) is 4.79 Å². The van der Waals surface area contributed by atoms with Gasteiger partial charge in [0.1, 0.15) is 0 Å². The number of amides is 1. The molecule has 0 radical (unpaired) electrons. The number of carbonyl (C=O) groups excluding carboxylic acids is 1. The van der Waals surface area contributed by atoms with Crippen LogP contribution in [0.4, 0.5) is 5.95 Å². The molecule has 1 heterocycles. The van der Waals surface area contributed by atoms with Crippen LogP contribution in [0.3, 0.4) is 0 Å². The van der Waals surface area contributed by atoms with Crippen LogP contribution in [0.25, 0.3) is 11.0 Å². The van der Waals surface area contributed by atoms with E-state index in [2.05, 4.69) is 31.4 Å². The zero-order chi connectivity index (χ0) is 22.3. The number of alkyl halides is 1. The molecule has 2 N–H and O–H groups in total. The van der Waals surface area contributed by atoms with Crippen molar-refractivity contribution >= 4 is 46.1 Å². The second-order valence-corrected chi connectivity index (χ2v) is 10.7. The Morgan fingerprint density at radius 2 is 2.06 bits per heavy atom. The highest BCUT2D eigenvalue weighted by Crippen LogP contribution is 2.38. The molecule has 0 bridgehead atoms. The van der Waals surface area contributed by atoms with Crippen LogP contribution in [0.5, 0.6) is 0 Å². The molecule has 1 aromatic carbocycles. The third-order valence-corrected chi connectivity index (χ3v) is 7.07. The van der Waals surface area contributed by atoms with E-state index in [-0.39, 0.29) is 28.8 Å². The number of aryl methyl sites for hydroxylation is 1. The zero-order valence-corrected chi connectivity index (χ0v) is 20.0. The van der Waals surface area contributed by atoms with Gasteiger partial charge in [-0.1, -0.05) is 44.5 Å². The van der Waals surface area contributed by atoms with Gasteiger partial charge in [-0.3, -0.25) is 4.79 Å². The molecule has 2 aromatic rings. The van der Waals surface area contributed by atoms with E-state index in [1.54, 1.807) is 0 Å². The minimum absolute atomic E-state index is 0.0406. The number of aromatic nitrogens is 2. The molecule has 7 heteroatoms. The Balaban J connectivity index is 1.52. The number of carbonyl (C=O) groups is 1. The molecule has 31 heavy (non-hydrogen) atoms. The maximum atomic E-state index is 13.0. The lowest BCUT2D eigenvalue weighted by Gasteiger charge is -2.39. The van der Waals surface area contributed by atoms with Crippen molar-refractivity contribution in [3.8, 4) is 0 Å². The number of fused-ring (bicyclic) bond motifs is 1. The monoisotopic (exact) mass is 460 g/mol. The molecule has 4 unspecified atom stereocenters. The molecule has 5 nitrogen and oxygen atoms in total. The van der Waals surface area contributed by atoms with Crippen molar-refractivity contribution in [3.63, 3.8) is 0 Å². The topological polar surface area (TPSA) is 59.0 Å². The van der Waals surface area contributed by atoms with E-state index < -0.39 is 0 Å². The molecule has 1 saturated carbocycles. The quantitative estimate of drug-likeness (QED) is 0.583. The van der Waals surface area contributed by atoms with Gasteiger partial charge in [0.05, 0.1) is 22.5 Å². The lowest BCUT2D eigenvalue weighted by atomic mass is 9.70. The molecule has 1 aromatic heterocycles. The van der Waals surface area contributed by atoms with E-state index in [1.807, 2.05) is 48.0 Å². The molecule has 4 rings (SSSR count). The summed E-state index contributed by atoms with van der Waals surface area (Å²) in [5.74, 6) is 1.23. The molecule has 1 fully saturated rings. The van der Waals surface area contributed by atoms with E-state index in [4.69, 9.17) is 28.2 Å². The highest BCUT2D eigenvalue weighted by Gasteiger charge is 2.33. The van der Waals surface area contributed by atoms with Crippen molar-refractivity contribution in [2.45, 2.75) is 57.5 Å². The lowest BCUT2D eigenvalue weighted by Crippen LogP contribution is -2.42. The Bertz CT molecular complexity index is 1060. The summed E-state index contributed by atoms with van der Waals surface area (Å²) in [6, 6.07) is 5.61. The van der Waals surface area contributed by atoms with Crippen LogP contribution in [-0.2, 0) is 7.05 Å². The first kappa shape index (κ1) is 22.2. The van der Waals surface area contributed by atoms with Gasteiger partial charge in [0.25, 0.3) is 5.91 Å². The highest BCUT2D eigenvalue weighted by atomic mass is 35.5. The molecule has 4 atom stereocenters. The smallest absolute Gasteiger partial charge is 0.251 e. The Labute approximate surface area is 193 Å². The largest absolute Gasteiger partial charge is 0.349 e. The average Bonchev–Trinajstić information content (AvgIpc) is 2.98. The first-order chi connectivity index (χ1) is 14.6. The SMILES string of the molecule is CC1CC(NC(=O)c2ccc3c(c2)nc(NC2C(Cl)=CC=CC2Cl)n3C)CC(C)(C)C1. The van der Waals surface area contributed by atoms with E-state index in [0.717, 1.165) is 23.9 Å². The van der Waals surface area contributed by atoms with Gasteiger partial charge in [-0.25, -0.2) is 4.98 Å². The molecular formula is C24H30Cl2N4O. The number of hydrogen-bond acceptors (Lipinski definition) is 3.